The van der Waals surface area contributed by atoms with Crippen molar-refractivity contribution in [2.24, 2.45) is 0 Å². The van der Waals surface area contributed by atoms with Gasteiger partial charge in [0, 0.05) is 31.0 Å². The molecular weight excluding hydrogens is 228 g/mol. The topological polar surface area (TPSA) is 59.0 Å². The molecule has 98 valence electrons. The minimum atomic E-state index is 0.0233. The molecule has 0 atom stereocenters. The number of hydrogen-bond acceptors (Lipinski definition) is 4. The van der Waals surface area contributed by atoms with E-state index < -0.39 is 0 Å². The van der Waals surface area contributed by atoms with E-state index in [-0.39, 0.29) is 5.56 Å². The van der Waals surface area contributed by atoms with Crippen LogP contribution < -0.4 is 16.2 Å². The Bertz CT molecular complexity index is 462. The molecule has 0 aliphatic heterocycles. The van der Waals surface area contributed by atoms with Crippen LogP contribution in [0.4, 0.5) is 5.82 Å². The summed E-state index contributed by atoms with van der Waals surface area (Å²) >= 11 is 0. The van der Waals surface area contributed by atoms with Crippen LogP contribution in [0.15, 0.2) is 17.2 Å². The van der Waals surface area contributed by atoms with Crippen molar-refractivity contribution in [1.29, 1.82) is 0 Å². The summed E-state index contributed by atoms with van der Waals surface area (Å²) in [5.41, 5.74) is 0.0233. The predicted molar refractivity (Wildman–Crippen MR) is 70.9 cm³/mol. The first-order chi connectivity index (χ1) is 8.84. The molecule has 2 aliphatic rings. The molecule has 1 aromatic heterocycles. The molecule has 0 amide bonds. The number of aromatic nitrogens is 2. The van der Waals surface area contributed by atoms with Crippen molar-refractivity contribution in [2.75, 3.05) is 18.4 Å². The smallest absolute Gasteiger partial charge is 0.293 e. The van der Waals surface area contributed by atoms with E-state index in [2.05, 4.69) is 15.6 Å². The van der Waals surface area contributed by atoms with E-state index in [1.165, 1.54) is 12.8 Å². The third-order valence-electron chi connectivity index (χ3n) is 3.46. The van der Waals surface area contributed by atoms with Gasteiger partial charge in [-0.25, -0.2) is 4.98 Å². The zero-order chi connectivity index (χ0) is 12.4. The average Bonchev–Trinajstić information content (AvgIpc) is 3.25. The molecule has 1 aromatic rings. The molecule has 0 unspecified atom stereocenters. The van der Waals surface area contributed by atoms with Crippen molar-refractivity contribution < 1.29 is 0 Å². The number of hydrogen-bond donors (Lipinski definition) is 2. The monoisotopic (exact) mass is 248 g/mol. The van der Waals surface area contributed by atoms with Crippen molar-refractivity contribution in [2.45, 2.75) is 44.2 Å². The van der Waals surface area contributed by atoms with Gasteiger partial charge in [0.05, 0.1) is 0 Å². The maximum Gasteiger partial charge on any atom is 0.293 e. The summed E-state index contributed by atoms with van der Waals surface area (Å²) in [6.45, 7) is 1.82. The Morgan fingerprint density at radius 1 is 1.28 bits per heavy atom. The Balaban J connectivity index is 1.48. The summed E-state index contributed by atoms with van der Waals surface area (Å²) in [4.78, 5) is 16.2. The molecule has 0 radical (unpaired) electrons. The third-order valence-corrected chi connectivity index (χ3v) is 3.46. The number of anilines is 1. The lowest BCUT2D eigenvalue weighted by molar-refractivity contribution is 0.656. The van der Waals surface area contributed by atoms with Crippen molar-refractivity contribution in [3.05, 3.63) is 22.7 Å². The Morgan fingerprint density at radius 2 is 2.11 bits per heavy atom. The summed E-state index contributed by atoms with van der Waals surface area (Å²) in [5.74, 6) is 0.496. The lowest BCUT2D eigenvalue weighted by Gasteiger charge is -2.08. The van der Waals surface area contributed by atoms with Gasteiger partial charge in [-0.1, -0.05) is 0 Å². The van der Waals surface area contributed by atoms with Crippen LogP contribution in [0.25, 0.3) is 0 Å². The van der Waals surface area contributed by atoms with Crippen molar-refractivity contribution in [1.82, 2.24) is 14.9 Å². The molecule has 5 heteroatoms. The number of rotatable bonds is 7. The zero-order valence-electron chi connectivity index (χ0n) is 10.6. The van der Waals surface area contributed by atoms with E-state index in [1.54, 1.807) is 17.0 Å². The zero-order valence-corrected chi connectivity index (χ0v) is 10.6. The van der Waals surface area contributed by atoms with Gasteiger partial charge in [-0.15, -0.1) is 0 Å². The minimum Gasteiger partial charge on any atom is -0.365 e. The first-order valence-corrected chi connectivity index (χ1v) is 6.89. The molecule has 1 heterocycles. The van der Waals surface area contributed by atoms with Crippen molar-refractivity contribution in [3.63, 3.8) is 0 Å². The van der Waals surface area contributed by atoms with Crippen LogP contribution in [0.2, 0.25) is 0 Å². The SMILES string of the molecule is O=c1c(NCCCNC2CC2)nccn1C1CC1. The summed E-state index contributed by atoms with van der Waals surface area (Å²) in [5, 5.41) is 6.60. The molecule has 5 nitrogen and oxygen atoms in total. The first-order valence-electron chi connectivity index (χ1n) is 6.89. The van der Waals surface area contributed by atoms with Crippen molar-refractivity contribution in [3.8, 4) is 0 Å². The van der Waals surface area contributed by atoms with Gasteiger partial charge in [-0.05, 0) is 38.6 Å². The van der Waals surface area contributed by atoms with E-state index in [0.29, 0.717) is 11.9 Å². The fourth-order valence-electron chi connectivity index (χ4n) is 2.08. The standard InChI is InChI=1S/C13H20N4O/c18-13-12(15-7-1-6-14-10-2-3-10)16-8-9-17(13)11-4-5-11/h8-11,14H,1-7H2,(H,15,16). The summed E-state index contributed by atoms with van der Waals surface area (Å²) in [6, 6.07) is 1.17. The molecule has 18 heavy (non-hydrogen) atoms. The lowest BCUT2D eigenvalue weighted by Crippen LogP contribution is -2.25. The molecule has 0 saturated heterocycles. The highest BCUT2D eigenvalue weighted by Crippen LogP contribution is 2.33. The third kappa shape index (κ3) is 2.90. The van der Waals surface area contributed by atoms with E-state index in [1.807, 2.05) is 0 Å². The molecule has 2 saturated carbocycles. The van der Waals surface area contributed by atoms with Gasteiger partial charge in [-0.2, -0.15) is 0 Å². The normalized spacial score (nSPS) is 18.9. The summed E-state index contributed by atoms with van der Waals surface area (Å²) in [7, 11) is 0. The van der Waals surface area contributed by atoms with E-state index in [4.69, 9.17) is 0 Å². The minimum absolute atomic E-state index is 0.0233. The van der Waals surface area contributed by atoms with Gasteiger partial charge >= 0.3 is 0 Å². The van der Waals surface area contributed by atoms with Gasteiger partial charge in [0.2, 0.25) is 0 Å². The molecule has 2 fully saturated rings. The van der Waals surface area contributed by atoms with Gasteiger partial charge in [-0.3, -0.25) is 4.79 Å². The van der Waals surface area contributed by atoms with Crippen molar-refractivity contribution >= 4 is 5.82 Å². The molecule has 0 spiro atoms. The van der Waals surface area contributed by atoms with E-state index >= 15 is 0 Å². The molecular formula is C13H20N4O. The van der Waals surface area contributed by atoms with Gasteiger partial charge < -0.3 is 15.2 Å². The summed E-state index contributed by atoms with van der Waals surface area (Å²) < 4.78 is 1.80. The fraction of sp³-hybridized carbons (Fsp3) is 0.692. The van der Waals surface area contributed by atoms with Gasteiger partial charge in [0.15, 0.2) is 5.82 Å². The van der Waals surface area contributed by atoms with Crippen LogP contribution in [0, 0.1) is 0 Å². The Morgan fingerprint density at radius 3 is 2.83 bits per heavy atom. The second-order valence-corrected chi connectivity index (χ2v) is 5.23. The second-order valence-electron chi connectivity index (χ2n) is 5.23. The first kappa shape index (κ1) is 11.7. The van der Waals surface area contributed by atoms with E-state index in [9.17, 15) is 4.79 Å². The van der Waals surface area contributed by atoms with Crippen LogP contribution >= 0.6 is 0 Å². The van der Waals surface area contributed by atoms with E-state index in [0.717, 1.165) is 38.4 Å². The molecule has 2 N–H and O–H groups in total. The highest BCUT2D eigenvalue weighted by molar-refractivity contribution is 5.31. The van der Waals surface area contributed by atoms with Crippen LogP contribution in [0.5, 0.6) is 0 Å². The van der Waals surface area contributed by atoms with Crippen LogP contribution in [0.3, 0.4) is 0 Å². The maximum absolute atomic E-state index is 12.1. The lowest BCUT2D eigenvalue weighted by atomic mass is 10.4. The predicted octanol–water partition coefficient (Wildman–Crippen LogP) is 1.13. The summed E-state index contributed by atoms with van der Waals surface area (Å²) in [6.07, 6.45) is 9.41. The largest absolute Gasteiger partial charge is 0.365 e. The highest BCUT2D eigenvalue weighted by Gasteiger charge is 2.25. The van der Waals surface area contributed by atoms with Crippen LogP contribution in [-0.2, 0) is 0 Å². The maximum atomic E-state index is 12.1. The quantitative estimate of drug-likeness (QED) is 0.710. The number of nitrogens with one attached hydrogen (secondary N) is 2. The molecule has 2 aliphatic carbocycles. The fourth-order valence-corrected chi connectivity index (χ4v) is 2.08. The molecule has 3 rings (SSSR count). The number of nitrogens with zero attached hydrogens (tertiary/aromatic N) is 2. The molecule has 0 bridgehead atoms. The Kier molecular flexibility index (Phi) is 3.32. The van der Waals surface area contributed by atoms with Crippen LogP contribution in [-0.4, -0.2) is 28.7 Å². The van der Waals surface area contributed by atoms with Gasteiger partial charge in [0.1, 0.15) is 0 Å². The average molecular weight is 248 g/mol. The van der Waals surface area contributed by atoms with Crippen LogP contribution in [0.1, 0.15) is 38.1 Å². The highest BCUT2D eigenvalue weighted by atomic mass is 16.1. The Labute approximate surface area is 107 Å². The van der Waals surface area contributed by atoms with Gasteiger partial charge in [0.25, 0.3) is 5.56 Å². The second kappa shape index (κ2) is 5.10. The molecule has 0 aromatic carbocycles. The Hall–Kier alpha value is -1.36.